The zero-order valence-corrected chi connectivity index (χ0v) is 20.9. The second-order valence-electron chi connectivity index (χ2n) is 8.90. The standard InChI is InChI=1S/C28H27NO5S/c1-28(2)24(20-15-17-22(18-16-20)35(4,31)32)23(19-11-7-5-8-12-19)26(28)29-34-25(27(30)33-3)21-13-9-6-10-14-21/h5-18,25H,1-4H3. The number of benzene rings is 3. The maximum absolute atomic E-state index is 12.5. The summed E-state index contributed by atoms with van der Waals surface area (Å²) in [5.74, 6) is -0.542. The van der Waals surface area contributed by atoms with Gasteiger partial charge in [0.2, 0.25) is 6.10 Å². The minimum atomic E-state index is -3.30. The van der Waals surface area contributed by atoms with Crippen LogP contribution in [0.1, 0.15) is 36.6 Å². The van der Waals surface area contributed by atoms with E-state index in [1.54, 1.807) is 24.3 Å². The summed E-state index contributed by atoms with van der Waals surface area (Å²) in [7, 11) is -1.98. The highest BCUT2D eigenvalue weighted by molar-refractivity contribution is 7.90. The van der Waals surface area contributed by atoms with Crippen molar-refractivity contribution in [1.29, 1.82) is 0 Å². The average Bonchev–Trinajstić information content (AvgIpc) is 2.85. The molecule has 6 nitrogen and oxygen atoms in total. The molecule has 4 rings (SSSR count). The van der Waals surface area contributed by atoms with Gasteiger partial charge in [-0.15, -0.1) is 0 Å². The number of carbonyl (C=O) groups excluding carboxylic acids is 1. The van der Waals surface area contributed by atoms with Crippen molar-refractivity contribution >= 4 is 32.7 Å². The molecule has 7 heteroatoms. The number of oxime groups is 1. The predicted molar refractivity (Wildman–Crippen MR) is 136 cm³/mol. The summed E-state index contributed by atoms with van der Waals surface area (Å²) in [5.41, 5.74) is 4.56. The molecule has 0 aromatic heterocycles. The lowest BCUT2D eigenvalue weighted by Crippen LogP contribution is -2.38. The first-order chi connectivity index (χ1) is 16.6. The molecule has 0 N–H and O–H groups in total. The van der Waals surface area contributed by atoms with Gasteiger partial charge < -0.3 is 9.57 Å². The molecule has 1 aliphatic rings. The first kappa shape index (κ1) is 24.4. The third kappa shape index (κ3) is 4.77. The van der Waals surface area contributed by atoms with Crippen molar-refractivity contribution in [1.82, 2.24) is 0 Å². The van der Waals surface area contributed by atoms with Crippen molar-refractivity contribution in [3.8, 4) is 0 Å². The third-order valence-corrected chi connectivity index (χ3v) is 7.23. The molecule has 0 radical (unpaired) electrons. The van der Waals surface area contributed by atoms with E-state index in [1.165, 1.54) is 13.4 Å². The second kappa shape index (κ2) is 9.50. The Morgan fingerprint density at radius 1 is 0.857 bits per heavy atom. The van der Waals surface area contributed by atoms with Gasteiger partial charge in [-0.3, -0.25) is 0 Å². The molecule has 1 atom stereocenters. The number of hydrogen-bond acceptors (Lipinski definition) is 6. The Bertz CT molecular complexity index is 1390. The number of nitrogens with zero attached hydrogens (tertiary/aromatic N) is 1. The van der Waals surface area contributed by atoms with Gasteiger partial charge in [-0.25, -0.2) is 13.2 Å². The Morgan fingerprint density at radius 3 is 1.97 bits per heavy atom. The smallest absolute Gasteiger partial charge is 0.354 e. The molecular formula is C28H27NO5S. The van der Waals surface area contributed by atoms with Crippen molar-refractivity contribution in [2.24, 2.45) is 10.6 Å². The Hall–Kier alpha value is -3.71. The van der Waals surface area contributed by atoms with Crippen LogP contribution in [0, 0.1) is 5.41 Å². The van der Waals surface area contributed by atoms with Crippen LogP contribution in [-0.2, 0) is 24.2 Å². The maximum atomic E-state index is 12.5. The SMILES string of the molecule is COC(=O)C(ON=C1C(c2ccccc2)=C(c2ccc(S(C)(=O)=O)cc2)C1(C)C)c1ccccc1. The third-order valence-electron chi connectivity index (χ3n) is 6.10. The van der Waals surface area contributed by atoms with E-state index in [1.807, 2.05) is 74.5 Å². The van der Waals surface area contributed by atoms with E-state index in [4.69, 9.17) is 9.57 Å². The first-order valence-corrected chi connectivity index (χ1v) is 13.0. The number of methoxy groups -OCH3 is 1. The van der Waals surface area contributed by atoms with E-state index in [2.05, 4.69) is 5.16 Å². The molecule has 0 bridgehead atoms. The van der Waals surface area contributed by atoms with Crippen LogP contribution in [0.4, 0.5) is 0 Å². The molecule has 1 aliphatic carbocycles. The normalized spacial score (nSPS) is 17.0. The van der Waals surface area contributed by atoms with Crippen LogP contribution in [0.5, 0.6) is 0 Å². The van der Waals surface area contributed by atoms with Gasteiger partial charge in [0.05, 0.1) is 17.7 Å². The molecule has 3 aromatic carbocycles. The number of hydrogen-bond donors (Lipinski definition) is 0. The molecule has 0 saturated heterocycles. The lowest BCUT2D eigenvalue weighted by atomic mass is 9.60. The second-order valence-corrected chi connectivity index (χ2v) is 10.9. The minimum absolute atomic E-state index is 0.265. The predicted octanol–water partition coefficient (Wildman–Crippen LogP) is 5.33. The lowest BCUT2D eigenvalue weighted by Gasteiger charge is -2.42. The van der Waals surface area contributed by atoms with Gasteiger partial charge in [0.25, 0.3) is 0 Å². The summed E-state index contributed by atoms with van der Waals surface area (Å²) >= 11 is 0. The van der Waals surface area contributed by atoms with Crippen LogP contribution in [0.2, 0.25) is 0 Å². The fourth-order valence-electron chi connectivity index (χ4n) is 4.30. The van der Waals surface area contributed by atoms with Crippen LogP contribution < -0.4 is 0 Å². The van der Waals surface area contributed by atoms with Crippen LogP contribution in [-0.4, -0.2) is 33.5 Å². The maximum Gasteiger partial charge on any atom is 0.354 e. The van der Waals surface area contributed by atoms with Gasteiger partial charge in [-0.05, 0) is 42.7 Å². The molecule has 180 valence electrons. The van der Waals surface area contributed by atoms with E-state index in [9.17, 15) is 13.2 Å². The Kier molecular flexibility index (Phi) is 6.63. The summed E-state index contributed by atoms with van der Waals surface area (Å²) in [6, 6.07) is 25.7. The van der Waals surface area contributed by atoms with Crippen LogP contribution in [0.3, 0.4) is 0 Å². The summed E-state index contributed by atoms with van der Waals surface area (Å²) in [6.07, 6.45) is 0.191. The van der Waals surface area contributed by atoms with Crippen LogP contribution in [0.15, 0.2) is 95.0 Å². The highest BCUT2D eigenvalue weighted by atomic mass is 32.2. The highest BCUT2D eigenvalue weighted by Gasteiger charge is 2.46. The molecule has 0 saturated carbocycles. The van der Waals surface area contributed by atoms with E-state index in [0.29, 0.717) is 11.3 Å². The van der Waals surface area contributed by atoms with Crippen molar-refractivity contribution < 1.29 is 22.8 Å². The van der Waals surface area contributed by atoms with Gasteiger partial charge in [-0.1, -0.05) is 78.0 Å². The van der Waals surface area contributed by atoms with Gasteiger partial charge in [0.15, 0.2) is 9.84 Å². The Balaban J connectivity index is 1.80. The van der Waals surface area contributed by atoms with Crippen LogP contribution >= 0.6 is 0 Å². The Morgan fingerprint density at radius 2 is 1.43 bits per heavy atom. The molecule has 35 heavy (non-hydrogen) atoms. The molecule has 0 spiro atoms. The molecule has 1 unspecified atom stereocenters. The first-order valence-electron chi connectivity index (χ1n) is 11.1. The summed E-state index contributed by atoms with van der Waals surface area (Å²) < 4.78 is 28.8. The molecule has 0 aliphatic heterocycles. The molecule has 0 heterocycles. The van der Waals surface area contributed by atoms with Crippen molar-refractivity contribution in [3.63, 3.8) is 0 Å². The van der Waals surface area contributed by atoms with Crippen molar-refractivity contribution in [3.05, 3.63) is 102 Å². The highest BCUT2D eigenvalue weighted by Crippen LogP contribution is 2.53. The van der Waals surface area contributed by atoms with Crippen molar-refractivity contribution in [2.45, 2.75) is 24.8 Å². The number of ether oxygens (including phenoxy) is 1. The molecular weight excluding hydrogens is 462 g/mol. The largest absolute Gasteiger partial charge is 0.466 e. The van der Waals surface area contributed by atoms with Gasteiger partial charge in [0.1, 0.15) is 0 Å². The molecule has 0 fully saturated rings. The lowest BCUT2D eigenvalue weighted by molar-refractivity contribution is -0.154. The monoisotopic (exact) mass is 489 g/mol. The van der Waals surface area contributed by atoms with E-state index >= 15 is 0 Å². The van der Waals surface area contributed by atoms with E-state index < -0.39 is 27.3 Å². The quantitative estimate of drug-likeness (QED) is 0.331. The summed E-state index contributed by atoms with van der Waals surface area (Å²) in [6.45, 7) is 4.05. The van der Waals surface area contributed by atoms with Gasteiger partial charge in [0, 0.05) is 22.8 Å². The van der Waals surface area contributed by atoms with Crippen molar-refractivity contribution in [2.75, 3.05) is 13.4 Å². The number of rotatable bonds is 7. The number of allylic oxidation sites excluding steroid dienone is 2. The zero-order valence-electron chi connectivity index (χ0n) is 20.1. The minimum Gasteiger partial charge on any atom is -0.466 e. The molecule has 3 aromatic rings. The van der Waals surface area contributed by atoms with Gasteiger partial charge >= 0.3 is 5.97 Å². The van der Waals surface area contributed by atoms with Crippen LogP contribution in [0.25, 0.3) is 11.1 Å². The average molecular weight is 490 g/mol. The van der Waals surface area contributed by atoms with Gasteiger partial charge in [-0.2, -0.15) is 0 Å². The summed E-state index contributed by atoms with van der Waals surface area (Å²) in [4.78, 5) is 18.6. The fourth-order valence-corrected chi connectivity index (χ4v) is 4.93. The number of sulfone groups is 1. The summed E-state index contributed by atoms with van der Waals surface area (Å²) in [5, 5.41) is 4.48. The number of carbonyl (C=O) groups is 1. The zero-order chi connectivity index (χ0) is 25.2. The van der Waals surface area contributed by atoms with E-state index in [0.717, 1.165) is 22.3 Å². The fraction of sp³-hybridized carbons (Fsp3) is 0.214. The topological polar surface area (TPSA) is 82.0 Å². The Labute approximate surface area is 205 Å². The molecule has 0 amide bonds. The number of esters is 1. The van der Waals surface area contributed by atoms with E-state index in [-0.39, 0.29) is 4.90 Å².